The highest BCUT2D eigenvalue weighted by Gasteiger charge is 2.32. The van der Waals surface area contributed by atoms with Crippen molar-refractivity contribution in [1.82, 2.24) is 16.1 Å². The fraction of sp³-hybridized carbons (Fsp3) is 0.214. The highest BCUT2D eigenvalue weighted by Crippen LogP contribution is 2.34. The standard InChI is InChI=1S/C28H27IN4O7/c1-4-38-27(35)25-16(2)31-28(36)32-26(25)18-7-11-22(23(13-18)37-3)39-15-24(34)33-30-14-20-10-12-21(40-20)17-5-8-19(29)9-6-17/h5-14,26H,4,15H2,1-3H3,(H,33,34)(H2,31,32,36)/b30-14-/t26-/m1/s1. The van der Waals surface area contributed by atoms with Gasteiger partial charge in [0.1, 0.15) is 11.5 Å². The average molecular weight is 658 g/mol. The van der Waals surface area contributed by atoms with E-state index in [0.29, 0.717) is 28.5 Å². The quantitative estimate of drug-likeness (QED) is 0.128. The third-order valence-corrected chi connectivity index (χ3v) is 6.50. The summed E-state index contributed by atoms with van der Waals surface area (Å²) < 4.78 is 23.1. The monoisotopic (exact) mass is 658 g/mol. The summed E-state index contributed by atoms with van der Waals surface area (Å²) in [5.74, 6) is 0.712. The second-order valence-corrected chi connectivity index (χ2v) is 9.74. The largest absolute Gasteiger partial charge is 0.493 e. The topological polar surface area (TPSA) is 140 Å². The first-order valence-corrected chi connectivity index (χ1v) is 13.3. The first-order chi connectivity index (χ1) is 19.3. The average Bonchev–Trinajstić information content (AvgIpc) is 3.40. The molecular weight excluding hydrogens is 631 g/mol. The SMILES string of the molecule is CCOC(=O)C1=C(C)NC(=O)N[C@@H]1c1ccc(OCC(=O)N/N=C\c2ccc(-c3ccc(I)cc3)o2)c(OC)c1. The Bertz CT molecular complexity index is 1460. The molecule has 0 saturated carbocycles. The lowest BCUT2D eigenvalue weighted by molar-refractivity contribution is -0.139. The van der Waals surface area contributed by atoms with Crippen LogP contribution < -0.4 is 25.5 Å². The van der Waals surface area contributed by atoms with Gasteiger partial charge in [-0.25, -0.2) is 15.0 Å². The molecule has 208 valence electrons. The first-order valence-electron chi connectivity index (χ1n) is 12.2. The predicted octanol–water partition coefficient (Wildman–Crippen LogP) is 4.28. The number of rotatable bonds is 10. The minimum atomic E-state index is -0.763. The molecule has 12 heteroatoms. The van der Waals surface area contributed by atoms with Crippen LogP contribution in [-0.4, -0.2) is 44.4 Å². The van der Waals surface area contributed by atoms with Crippen LogP contribution in [0.4, 0.5) is 4.79 Å². The molecule has 0 bridgehead atoms. The Morgan fingerprint density at radius 2 is 1.90 bits per heavy atom. The number of hydrogen-bond acceptors (Lipinski definition) is 8. The molecule has 0 radical (unpaired) electrons. The van der Waals surface area contributed by atoms with E-state index in [1.807, 2.05) is 30.3 Å². The molecule has 11 nitrogen and oxygen atoms in total. The van der Waals surface area contributed by atoms with Crippen LogP contribution in [0.2, 0.25) is 0 Å². The van der Waals surface area contributed by atoms with Gasteiger partial charge in [-0.3, -0.25) is 4.79 Å². The Morgan fingerprint density at radius 3 is 2.62 bits per heavy atom. The number of nitrogens with zero attached hydrogens (tertiary/aromatic N) is 1. The van der Waals surface area contributed by atoms with Crippen molar-refractivity contribution in [3.63, 3.8) is 0 Å². The number of methoxy groups -OCH3 is 1. The number of urea groups is 1. The van der Waals surface area contributed by atoms with Crippen LogP contribution in [0.15, 0.2) is 75.4 Å². The van der Waals surface area contributed by atoms with Crippen LogP contribution in [0.25, 0.3) is 11.3 Å². The van der Waals surface area contributed by atoms with E-state index in [4.69, 9.17) is 18.6 Å². The molecule has 0 saturated heterocycles. The summed E-state index contributed by atoms with van der Waals surface area (Å²) in [4.78, 5) is 37.0. The van der Waals surface area contributed by atoms with E-state index in [1.165, 1.54) is 13.3 Å². The second kappa shape index (κ2) is 13.2. The number of carbonyl (C=O) groups excluding carboxylic acids is 3. The first kappa shape index (κ1) is 28.7. The molecule has 1 aromatic heterocycles. The minimum Gasteiger partial charge on any atom is -0.493 e. The van der Waals surface area contributed by atoms with Crippen LogP contribution in [0, 0.1) is 3.57 Å². The van der Waals surface area contributed by atoms with Gasteiger partial charge in [0, 0.05) is 14.8 Å². The molecule has 0 aliphatic carbocycles. The zero-order chi connectivity index (χ0) is 28.6. The zero-order valence-corrected chi connectivity index (χ0v) is 24.1. The van der Waals surface area contributed by atoms with Crippen molar-refractivity contribution in [2.45, 2.75) is 19.9 Å². The highest BCUT2D eigenvalue weighted by molar-refractivity contribution is 14.1. The Labute approximate surface area is 244 Å². The van der Waals surface area contributed by atoms with Crippen LogP contribution in [0.1, 0.15) is 31.2 Å². The molecule has 3 amide bonds. The normalized spacial score (nSPS) is 14.9. The van der Waals surface area contributed by atoms with Crippen LogP contribution in [-0.2, 0) is 14.3 Å². The lowest BCUT2D eigenvalue weighted by atomic mass is 9.95. The molecule has 0 fully saturated rings. The Hall–Kier alpha value is -4.33. The van der Waals surface area contributed by atoms with Crippen LogP contribution in [0.3, 0.4) is 0 Å². The summed E-state index contributed by atoms with van der Waals surface area (Å²) in [6.07, 6.45) is 1.40. The van der Waals surface area contributed by atoms with Gasteiger partial charge in [-0.05, 0) is 78.4 Å². The molecule has 40 heavy (non-hydrogen) atoms. The van der Waals surface area contributed by atoms with Gasteiger partial charge in [-0.1, -0.05) is 18.2 Å². The summed E-state index contributed by atoms with van der Waals surface area (Å²) in [5, 5.41) is 9.24. The van der Waals surface area contributed by atoms with Gasteiger partial charge in [-0.2, -0.15) is 5.10 Å². The summed E-state index contributed by atoms with van der Waals surface area (Å²) in [5.41, 5.74) is 4.56. The van der Waals surface area contributed by atoms with Crippen molar-refractivity contribution < 1.29 is 33.0 Å². The number of hydrogen-bond donors (Lipinski definition) is 3. The summed E-state index contributed by atoms with van der Waals surface area (Å²) >= 11 is 2.23. The van der Waals surface area contributed by atoms with Gasteiger partial charge in [0.05, 0.1) is 31.5 Å². The number of allylic oxidation sites excluding steroid dienone is 1. The van der Waals surface area contributed by atoms with E-state index >= 15 is 0 Å². The van der Waals surface area contributed by atoms with E-state index in [0.717, 1.165) is 9.13 Å². The number of amides is 3. The Morgan fingerprint density at radius 1 is 1.12 bits per heavy atom. The number of nitrogens with one attached hydrogen (secondary N) is 3. The fourth-order valence-corrected chi connectivity index (χ4v) is 4.30. The molecule has 1 atom stereocenters. The number of ether oxygens (including phenoxy) is 3. The third kappa shape index (κ3) is 7.00. The van der Waals surface area contributed by atoms with Crippen LogP contribution >= 0.6 is 22.6 Å². The van der Waals surface area contributed by atoms with E-state index in [2.05, 4.69) is 43.8 Å². The second-order valence-electron chi connectivity index (χ2n) is 8.49. The van der Waals surface area contributed by atoms with Gasteiger partial charge in [0.15, 0.2) is 18.1 Å². The molecule has 1 aliphatic rings. The van der Waals surface area contributed by atoms with Gasteiger partial charge >= 0.3 is 12.0 Å². The van der Waals surface area contributed by atoms with Gasteiger partial charge in [0.2, 0.25) is 0 Å². The van der Waals surface area contributed by atoms with Gasteiger partial charge in [0.25, 0.3) is 5.91 Å². The smallest absolute Gasteiger partial charge is 0.338 e. The van der Waals surface area contributed by atoms with Crippen molar-refractivity contribution in [3.05, 3.63) is 80.8 Å². The number of halogens is 1. The summed E-state index contributed by atoms with van der Waals surface area (Å²) in [7, 11) is 1.44. The molecule has 3 N–H and O–H groups in total. The Balaban J connectivity index is 1.37. The van der Waals surface area contributed by atoms with Crippen molar-refractivity contribution in [2.24, 2.45) is 5.10 Å². The maximum absolute atomic E-state index is 12.6. The molecule has 0 spiro atoms. The number of benzene rings is 2. The fourth-order valence-electron chi connectivity index (χ4n) is 3.94. The Kier molecular flexibility index (Phi) is 9.43. The molecule has 3 aromatic rings. The van der Waals surface area contributed by atoms with Crippen molar-refractivity contribution in [2.75, 3.05) is 20.3 Å². The van der Waals surface area contributed by atoms with E-state index in [1.54, 1.807) is 38.1 Å². The maximum Gasteiger partial charge on any atom is 0.338 e. The zero-order valence-electron chi connectivity index (χ0n) is 21.9. The number of esters is 1. The molecule has 4 rings (SSSR count). The van der Waals surface area contributed by atoms with E-state index in [-0.39, 0.29) is 24.5 Å². The minimum absolute atomic E-state index is 0.189. The lowest BCUT2D eigenvalue weighted by Crippen LogP contribution is -2.45. The van der Waals surface area contributed by atoms with Crippen molar-refractivity contribution in [3.8, 4) is 22.8 Å². The van der Waals surface area contributed by atoms with E-state index in [9.17, 15) is 14.4 Å². The molecule has 2 heterocycles. The number of furan rings is 1. The molecule has 2 aromatic carbocycles. The van der Waals surface area contributed by atoms with Crippen LogP contribution in [0.5, 0.6) is 11.5 Å². The molecular formula is C28H27IN4O7. The van der Waals surface area contributed by atoms with Gasteiger partial charge < -0.3 is 29.3 Å². The number of carbonyl (C=O) groups is 3. The predicted molar refractivity (Wildman–Crippen MR) is 155 cm³/mol. The van der Waals surface area contributed by atoms with Crippen molar-refractivity contribution in [1.29, 1.82) is 0 Å². The summed E-state index contributed by atoms with van der Waals surface area (Å²) in [6.45, 7) is 3.18. The summed E-state index contributed by atoms with van der Waals surface area (Å²) in [6, 6.07) is 15.1. The lowest BCUT2D eigenvalue weighted by Gasteiger charge is -2.28. The molecule has 1 aliphatic heterocycles. The number of hydrazone groups is 1. The van der Waals surface area contributed by atoms with Crippen molar-refractivity contribution >= 4 is 46.7 Å². The van der Waals surface area contributed by atoms with E-state index < -0.39 is 23.9 Å². The van der Waals surface area contributed by atoms with Gasteiger partial charge in [-0.15, -0.1) is 0 Å². The maximum atomic E-state index is 12.6. The third-order valence-electron chi connectivity index (χ3n) is 5.78. The highest BCUT2D eigenvalue weighted by atomic mass is 127. The molecule has 0 unspecified atom stereocenters.